The number of hydrogen-bond donors (Lipinski definition) is 2. The molecule has 2 aliphatic heterocycles. The highest BCUT2D eigenvalue weighted by molar-refractivity contribution is 6.01. The Kier molecular flexibility index (Phi) is 11.2. The monoisotopic (exact) mass is 638 g/mol. The molecule has 2 aromatic carbocycles. The molecule has 46 heavy (non-hydrogen) atoms. The zero-order chi connectivity index (χ0) is 34.5. The zero-order valence-corrected chi connectivity index (χ0v) is 25.6. The molecule has 0 spiro atoms. The Morgan fingerprint density at radius 3 is 1.72 bits per heavy atom. The summed E-state index contributed by atoms with van der Waals surface area (Å²) in [7, 11) is 1.21. The van der Waals surface area contributed by atoms with Gasteiger partial charge in [0.1, 0.15) is 23.5 Å². The number of methoxy groups -OCH3 is 1. The first kappa shape index (κ1) is 35.2. The fourth-order valence-corrected chi connectivity index (χ4v) is 5.30. The van der Waals surface area contributed by atoms with Gasteiger partial charge < -0.3 is 29.5 Å². The van der Waals surface area contributed by atoms with Gasteiger partial charge in [-0.25, -0.2) is 4.79 Å². The van der Waals surface area contributed by atoms with Gasteiger partial charge in [0.15, 0.2) is 0 Å². The summed E-state index contributed by atoms with van der Waals surface area (Å²) in [5.74, 6) is -1.86. The Balaban J connectivity index is 0.000000251. The summed E-state index contributed by atoms with van der Waals surface area (Å²) in [5.41, 5.74) is 2.29. The van der Waals surface area contributed by atoms with Crippen molar-refractivity contribution in [3.8, 4) is 0 Å². The number of carbonyl (C=O) groups excluding carboxylic acids is 4. The summed E-state index contributed by atoms with van der Waals surface area (Å²) in [6.45, 7) is 10.4. The molecule has 15 nitrogen and oxygen atoms in total. The highest BCUT2D eigenvalue weighted by Crippen LogP contribution is 2.31. The third kappa shape index (κ3) is 7.33. The SMILES string of the molecule is C=C1C[C@@H](C(=O)OC)N(C(=O)c2cc(CO)c(C)cc2[N+](=O)[O-])C1.C=C1C[C@@H](C=O)N(C(=O)c2cc(CO)c(C)cc2[N+](=O)[O-])C1. The Labute approximate surface area is 263 Å². The van der Waals surface area contributed by atoms with E-state index in [0.717, 1.165) is 5.57 Å². The second-order valence-corrected chi connectivity index (χ2v) is 10.9. The van der Waals surface area contributed by atoms with E-state index in [0.29, 0.717) is 40.5 Å². The van der Waals surface area contributed by atoms with Crippen LogP contribution in [0.5, 0.6) is 0 Å². The predicted octanol–water partition coefficient (Wildman–Crippen LogP) is 2.70. The Morgan fingerprint density at radius 2 is 1.30 bits per heavy atom. The van der Waals surface area contributed by atoms with Crippen LogP contribution in [0.3, 0.4) is 0 Å². The normalized spacial score (nSPS) is 17.3. The quantitative estimate of drug-likeness (QED) is 0.141. The van der Waals surface area contributed by atoms with E-state index in [9.17, 15) is 49.6 Å². The summed E-state index contributed by atoms with van der Waals surface area (Å²) in [5, 5.41) is 41.1. The smallest absolute Gasteiger partial charge is 0.328 e. The Hall–Kier alpha value is -5.28. The molecular weight excluding hydrogens is 604 g/mol. The van der Waals surface area contributed by atoms with Gasteiger partial charge in [-0.05, 0) is 54.7 Å². The molecule has 0 saturated carbocycles. The van der Waals surface area contributed by atoms with Crippen molar-refractivity contribution in [2.24, 2.45) is 0 Å². The number of esters is 1. The van der Waals surface area contributed by atoms with Gasteiger partial charge in [-0.1, -0.05) is 24.3 Å². The lowest BCUT2D eigenvalue weighted by molar-refractivity contribution is -0.385. The largest absolute Gasteiger partial charge is 0.467 e. The number of aliphatic hydroxyl groups is 2. The first-order chi connectivity index (χ1) is 21.7. The van der Waals surface area contributed by atoms with Crippen LogP contribution in [0.25, 0.3) is 0 Å². The molecule has 0 bridgehead atoms. The third-order valence-electron chi connectivity index (χ3n) is 7.80. The number of ether oxygens (including phenoxy) is 1. The molecular formula is C31H34N4O11. The molecule has 15 heteroatoms. The molecule has 0 aliphatic carbocycles. The lowest BCUT2D eigenvalue weighted by Gasteiger charge is -2.22. The average molecular weight is 639 g/mol. The van der Waals surface area contributed by atoms with Crippen LogP contribution in [0.4, 0.5) is 11.4 Å². The molecule has 0 radical (unpaired) electrons. The van der Waals surface area contributed by atoms with Gasteiger partial charge in [0, 0.05) is 31.6 Å². The predicted molar refractivity (Wildman–Crippen MR) is 163 cm³/mol. The summed E-state index contributed by atoms with van der Waals surface area (Å²) in [6.07, 6.45) is 1.26. The molecule has 2 aromatic rings. The Morgan fingerprint density at radius 1 is 0.870 bits per heavy atom. The van der Waals surface area contributed by atoms with Gasteiger partial charge in [-0.15, -0.1) is 0 Å². The number of nitrogens with zero attached hydrogens (tertiary/aromatic N) is 4. The van der Waals surface area contributed by atoms with Crippen molar-refractivity contribution in [1.29, 1.82) is 0 Å². The highest BCUT2D eigenvalue weighted by Gasteiger charge is 2.39. The summed E-state index contributed by atoms with van der Waals surface area (Å²) >= 11 is 0. The van der Waals surface area contributed by atoms with Crippen LogP contribution >= 0.6 is 0 Å². The van der Waals surface area contributed by atoms with E-state index in [4.69, 9.17) is 4.74 Å². The lowest BCUT2D eigenvalue weighted by Crippen LogP contribution is -2.41. The second-order valence-electron chi connectivity index (χ2n) is 10.9. The minimum Gasteiger partial charge on any atom is -0.467 e. The van der Waals surface area contributed by atoms with Crippen molar-refractivity contribution in [2.75, 3.05) is 20.2 Å². The van der Waals surface area contributed by atoms with Crippen LogP contribution in [0.15, 0.2) is 48.6 Å². The maximum absolute atomic E-state index is 12.8. The van der Waals surface area contributed by atoms with Crippen molar-refractivity contribution in [1.82, 2.24) is 9.80 Å². The molecule has 2 atom stereocenters. The minimum absolute atomic E-state index is 0.123. The van der Waals surface area contributed by atoms with Crippen molar-refractivity contribution in [3.63, 3.8) is 0 Å². The molecule has 4 rings (SSSR count). The van der Waals surface area contributed by atoms with Gasteiger partial charge in [0.25, 0.3) is 23.2 Å². The third-order valence-corrected chi connectivity index (χ3v) is 7.80. The number of aliphatic hydroxyl groups excluding tert-OH is 2. The van der Waals surface area contributed by atoms with Crippen molar-refractivity contribution in [3.05, 3.63) is 102 Å². The highest BCUT2D eigenvalue weighted by atomic mass is 16.6. The number of carbonyl (C=O) groups is 4. The number of likely N-dealkylation sites (tertiary alicyclic amines) is 2. The van der Waals surface area contributed by atoms with E-state index in [1.54, 1.807) is 13.8 Å². The molecule has 2 heterocycles. The topological polar surface area (TPSA) is 211 Å². The standard InChI is InChI=1S/C16H18N2O6.C15H16N2O5/c1-9-4-14(16(21)24-3)17(7-9)15(20)12-6-11(8-19)10(2)5-13(12)18(22)23;1-9-3-12(8-19)16(6-9)15(20)13-5-11(7-18)10(2)4-14(13)17(21)22/h5-6,14,19H,1,4,7-8H2,2-3H3;4-5,8,12,18H,1,3,6-7H2,2H3/t14-;12-/m00/s1. The first-order valence-corrected chi connectivity index (χ1v) is 13.9. The van der Waals surface area contributed by atoms with E-state index < -0.39 is 39.7 Å². The second kappa shape index (κ2) is 14.7. The van der Waals surface area contributed by atoms with Gasteiger partial charge >= 0.3 is 5.97 Å². The van der Waals surface area contributed by atoms with Crippen LogP contribution < -0.4 is 0 Å². The van der Waals surface area contributed by atoms with Gasteiger partial charge in [-0.2, -0.15) is 0 Å². The fraction of sp³-hybridized carbons (Fsp3) is 0.355. The summed E-state index contributed by atoms with van der Waals surface area (Å²) in [6, 6.07) is 3.62. The number of aryl methyl sites for hydroxylation is 2. The number of hydrogen-bond acceptors (Lipinski definition) is 11. The van der Waals surface area contributed by atoms with Crippen LogP contribution in [-0.2, 0) is 27.5 Å². The van der Waals surface area contributed by atoms with Gasteiger partial charge in [-0.3, -0.25) is 29.8 Å². The molecule has 2 amide bonds. The number of aldehydes is 1. The van der Waals surface area contributed by atoms with Gasteiger partial charge in [0.2, 0.25) is 0 Å². The van der Waals surface area contributed by atoms with E-state index >= 15 is 0 Å². The van der Waals surface area contributed by atoms with E-state index in [-0.39, 0.29) is 55.2 Å². The average Bonchev–Trinajstić information content (AvgIpc) is 3.61. The van der Waals surface area contributed by atoms with Gasteiger partial charge in [0.05, 0.1) is 36.2 Å². The number of amides is 2. The number of nitro groups is 2. The fourth-order valence-electron chi connectivity index (χ4n) is 5.30. The lowest BCUT2D eigenvalue weighted by atomic mass is 10.0. The molecule has 2 fully saturated rings. The van der Waals surface area contributed by atoms with Crippen molar-refractivity contribution < 1.29 is 44.0 Å². The summed E-state index contributed by atoms with van der Waals surface area (Å²) < 4.78 is 4.69. The number of benzene rings is 2. The summed E-state index contributed by atoms with van der Waals surface area (Å²) in [4.78, 5) is 72.1. The number of nitro benzene ring substituents is 2. The zero-order valence-electron chi connectivity index (χ0n) is 25.6. The Bertz CT molecular complexity index is 1630. The maximum Gasteiger partial charge on any atom is 0.328 e. The molecule has 0 unspecified atom stereocenters. The molecule has 2 saturated heterocycles. The first-order valence-electron chi connectivity index (χ1n) is 13.9. The van der Waals surface area contributed by atoms with E-state index in [1.165, 1.54) is 41.2 Å². The van der Waals surface area contributed by atoms with Crippen LogP contribution in [0, 0.1) is 34.1 Å². The molecule has 244 valence electrons. The van der Waals surface area contributed by atoms with Crippen LogP contribution in [0.2, 0.25) is 0 Å². The van der Waals surface area contributed by atoms with Crippen molar-refractivity contribution in [2.45, 2.75) is 52.0 Å². The molecule has 2 N–H and O–H groups in total. The van der Waals surface area contributed by atoms with Crippen molar-refractivity contribution >= 4 is 35.4 Å². The molecule has 0 aromatic heterocycles. The van der Waals surface area contributed by atoms with E-state index in [2.05, 4.69) is 13.2 Å². The van der Waals surface area contributed by atoms with E-state index in [1.807, 2.05) is 0 Å². The molecule has 2 aliphatic rings. The minimum atomic E-state index is -0.853. The van der Waals surface area contributed by atoms with Crippen LogP contribution in [0.1, 0.15) is 55.8 Å². The maximum atomic E-state index is 12.8. The number of rotatable bonds is 8. The van der Waals surface area contributed by atoms with Crippen LogP contribution in [-0.4, -0.2) is 86.2 Å².